The number of nitrogens with two attached hydrogens (primary N) is 1. The predicted molar refractivity (Wildman–Crippen MR) is 80.2 cm³/mol. The standard InChI is InChI=1S/C14H15BrFNOS/c1-8-3-4-11(16)12(5-8)18-14(9(2)17)13-6-10(15)7-19-13/h3-7,9,14H,17H2,1-2H3. The molecular weight excluding hydrogens is 329 g/mol. The molecule has 1 aromatic heterocycles. The van der Waals surface area contributed by atoms with Gasteiger partial charge in [-0.3, -0.25) is 0 Å². The Kier molecular flexibility index (Phi) is 4.60. The largest absolute Gasteiger partial charge is 0.480 e. The molecule has 0 spiro atoms. The van der Waals surface area contributed by atoms with Gasteiger partial charge in [0.2, 0.25) is 0 Å². The fraction of sp³-hybridized carbons (Fsp3) is 0.286. The van der Waals surface area contributed by atoms with Gasteiger partial charge in [0.05, 0.1) is 0 Å². The zero-order valence-electron chi connectivity index (χ0n) is 10.7. The number of rotatable bonds is 4. The summed E-state index contributed by atoms with van der Waals surface area (Å²) in [5.74, 6) is -0.126. The maximum atomic E-state index is 13.7. The monoisotopic (exact) mass is 343 g/mol. The number of hydrogen-bond donors (Lipinski definition) is 1. The van der Waals surface area contributed by atoms with Crippen molar-refractivity contribution in [2.45, 2.75) is 26.0 Å². The van der Waals surface area contributed by atoms with Gasteiger partial charge in [0, 0.05) is 20.8 Å². The van der Waals surface area contributed by atoms with Crippen molar-refractivity contribution in [3.63, 3.8) is 0 Å². The fourth-order valence-corrected chi connectivity index (χ4v) is 3.33. The molecule has 1 aromatic carbocycles. The van der Waals surface area contributed by atoms with Crippen LogP contribution in [0.3, 0.4) is 0 Å². The lowest BCUT2D eigenvalue weighted by Crippen LogP contribution is -2.28. The quantitative estimate of drug-likeness (QED) is 0.891. The molecule has 0 aliphatic carbocycles. The number of aryl methyl sites for hydroxylation is 1. The number of ether oxygens (including phenoxy) is 1. The van der Waals surface area contributed by atoms with E-state index in [2.05, 4.69) is 15.9 Å². The Morgan fingerprint density at radius 2 is 2.11 bits per heavy atom. The summed E-state index contributed by atoms with van der Waals surface area (Å²) in [7, 11) is 0. The lowest BCUT2D eigenvalue weighted by atomic mass is 10.1. The molecule has 0 saturated carbocycles. The molecule has 0 aliphatic heterocycles. The number of halogens is 2. The van der Waals surface area contributed by atoms with Crippen molar-refractivity contribution in [1.29, 1.82) is 0 Å². The predicted octanol–water partition coefficient (Wildman–Crippen LogP) is 4.43. The van der Waals surface area contributed by atoms with Crippen LogP contribution in [-0.2, 0) is 0 Å². The van der Waals surface area contributed by atoms with Crippen LogP contribution in [0.15, 0.2) is 34.1 Å². The Morgan fingerprint density at radius 3 is 2.68 bits per heavy atom. The van der Waals surface area contributed by atoms with Gasteiger partial charge >= 0.3 is 0 Å². The second-order valence-corrected chi connectivity index (χ2v) is 6.36. The molecular formula is C14H15BrFNOS. The highest BCUT2D eigenvalue weighted by Gasteiger charge is 2.21. The first kappa shape index (κ1) is 14.5. The molecule has 2 nitrogen and oxygen atoms in total. The van der Waals surface area contributed by atoms with Gasteiger partial charge in [-0.2, -0.15) is 0 Å². The SMILES string of the molecule is Cc1ccc(F)c(OC(c2cc(Br)cs2)C(C)N)c1. The Labute approximate surface area is 124 Å². The highest BCUT2D eigenvalue weighted by molar-refractivity contribution is 9.10. The van der Waals surface area contributed by atoms with E-state index in [-0.39, 0.29) is 23.7 Å². The van der Waals surface area contributed by atoms with Gasteiger partial charge in [0.25, 0.3) is 0 Å². The first-order chi connectivity index (χ1) is 8.97. The molecule has 0 fully saturated rings. The van der Waals surface area contributed by atoms with E-state index in [1.165, 1.54) is 6.07 Å². The topological polar surface area (TPSA) is 35.2 Å². The normalized spacial score (nSPS) is 14.2. The van der Waals surface area contributed by atoms with Gasteiger partial charge < -0.3 is 10.5 Å². The Balaban J connectivity index is 2.29. The highest BCUT2D eigenvalue weighted by atomic mass is 79.9. The molecule has 102 valence electrons. The summed E-state index contributed by atoms with van der Waals surface area (Å²) in [6.45, 7) is 3.75. The molecule has 2 unspecified atom stereocenters. The van der Waals surface area contributed by atoms with E-state index >= 15 is 0 Å². The zero-order chi connectivity index (χ0) is 14.0. The number of benzene rings is 1. The average Bonchev–Trinajstić information content (AvgIpc) is 2.76. The average molecular weight is 344 g/mol. The summed E-state index contributed by atoms with van der Waals surface area (Å²) in [5, 5.41) is 1.96. The Morgan fingerprint density at radius 1 is 1.37 bits per heavy atom. The van der Waals surface area contributed by atoms with Crippen molar-refractivity contribution in [3.8, 4) is 5.75 Å². The van der Waals surface area contributed by atoms with E-state index in [9.17, 15) is 4.39 Å². The second-order valence-electron chi connectivity index (χ2n) is 4.50. The van der Waals surface area contributed by atoms with Crippen LogP contribution in [0.5, 0.6) is 5.75 Å². The third kappa shape index (κ3) is 3.55. The molecule has 2 N–H and O–H groups in total. The molecule has 0 saturated heterocycles. The molecule has 2 rings (SSSR count). The van der Waals surface area contributed by atoms with Crippen molar-refractivity contribution in [1.82, 2.24) is 0 Å². The van der Waals surface area contributed by atoms with Gasteiger partial charge in [-0.25, -0.2) is 4.39 Å². The molecule has 19 heavy (non-hydrogen) atoms. The van der Waals surface area contributed by atoms with Gasteiger partial charge in [0.15, 0.2) is 11.6 Å². The van der Waals surface area contributed by atoms with Crippen LogP contribution in [0.25, 0.3) is 0 Å². The van der Waals surface area contributed by atoms with Gasteiger partial charge in [-0.15, -0.1) is 11.3 Å². The third-order valence-electron chi connectivity index (χ3n) is 2.69. The first-order valence-corrected chi connectivity index (χ1v) is 7.57. The third-order valence-corrected chi connectivity index (χ3v) is 4.44. The highest BCUT2D eigenvalue weighted by Crippen LogP contribution is 2.32. The maximum absolute atomic E-state index is 13.7. The summed E-state index contributed by atoms with van der Waals surface area (Å²) < 4.78 is 20.5. The van der Waals surface area contributed by atoms with Crippen LogP contribution in [0.1, 0.15) is 23.5 Å². The van der Waals surface area contributed by atoms with E-state index in [1.54, 1.807) is 23.5 Å². The first-order valence-electron chi connectivity index (χ1n) is 5.89. The summed E-state index contributed by atoms with van der Waals surface area (Å²) in [6, 6.07) is 6.53. The molecule has 5 heteroatoms. The van der Waals surface area contributed by atoms with Crippen LogP contribution < -0.4 is 10.5 Å². The van der Waals surface area contributed by atoms with Crippen molar-refractivity contribution >= 4 is 27.3 Å². The smallest absolute Gasteiger partial charge is 0.165 e. The fourth-order valence-electron chi connectivity index (χ4n) is 1.74. The minimum absolute atomic E-state index is 0.231. The zero-order valence-corrected chi connectivity index (χ0v) is 13.1. The van der Waals surface area contributed by atoms with Crippen molar-refractivity contribution in [3.05, 3.63) is 50.4 Å². The lowest BCUT2D eigenvalue weighted by Gasteiger charge is -2.22. The van der Waals surface area contributed by atoms with E-state index in [0.717, 1.165) is 14.9 Å². The minimum Gasteiger partial charge on any atom is -0.480 e. The summed E-state index contributed by atoms with van der Waals surface area (Å²) in [5.41, 5.74) is 6.91. The van der Waals surface area contributed by atoms with Gasteiger partial charge in [-0.1, -0.05) is 6.07 Å². The van der Waals surface area contributed by atoms with E-state index < -0.39 is 0 Å². The van der Waals surface area contributed by atoms with Crippen molar-refractivity contribution in [2.75, 3.05) is 0 Å². The minimum atomic E-state index is -0.369. The lowest BCUT2D eigenvalue weighted by molar-refractivity contribution is 0.176. The van der Waals surface area contributed by atoms with Crippen LogP contribution in [0, 0.1) is 12.7 Å². The van der Waals surface area contributed by atoms with E-state index in [4.69, 9.17) is 10.5 Å². The molecule has 0 radical (unpaired) electrons. The summed E-state index contributed by atoms with van der Waals surface area (Å²) >= 11 is 4.94. The molecule has 0 aliphatic rings. The van der Waals surface area contributed by atoms with Crippen molar-refractivity contribution in [2.24, 2.45) is 5.73 Å². The van der Waals surface area contributed by atoms with E-state index in [1.807, 2.05) is 25.3 Å². The van der Waals surface area contributed by atoms with Crippen LogP contribution in [-0.4, -0.2) is 6.04 Å². The second kappa shape index (κ2) is 6.03. The summed E-state index contributed by atoms with van der Waals surface area (Å²) in [4.78, 5) is 0.975. The van der Waals surface area contributed by atoms with Crippen molar-refractivity contribution < 1.29 is 9.13 Å². The van der Waals surface area contributed by atoms with Crippen LogP contribution in [0.4, 0.5) is 4.39 Å². The Hall–Kier alpha value is -0.910. The molecule has 1 heterocycles. The molecule has 0 bridgehead atoms. The molecule has 0 amide bonds. The summed E-state index contributed by atoms with van der Waals surface area (Å²) in [6.07, 6.45) is -0.354. The van der Waals surface area contributed by atoms with Gasteiger partial charge in [-0.05, 0) is 53.5 Å². The molecule has 2 atom stereocenters. The molecule has 2 aromatic rings. The number of thiophene rings is 1. The van der Waals surface area contributed by atoms with Gasteiger partial charge in [0.1, 0.15) is 6.10 Å². The maximum Gasteiger partial charge on any atom is 0.165 e. The van der Waals surface area contributed by atoms with E-state index in [0.29, 0.717) is 0 Å². The van der Waals surface area contributed by atoms with Crippen LogP contribution in [0.2, 0.25) is 0 Å². The number of hydrogen-bond acceptors (Lipinski definition) is 3. The van der Waals surface area contributed by atoms with Crippen LogP contribution >= 0.6 is 27.3 Å². The Bertz CT molecular complexity index is 570.